The molecular weight excluding hydrogens is 583 g/mol. The summed E-state index contributed by atoms with van der Waals surface area (Å²) in [6.45, 7) is 7.17. The van der Waals surface area contributed by atoms with Crippen molar-refractivity contribution >= 4 is 38.9 Å². The summed E-state index contributed by atoms with van der Waals surface area (Å²) in [6, 6.07) is 29.6. The van der Waals surface area contributed by atoms with Crippen LogP contribution in [0.5, 0.6) is 0 Å². The molecule has 0 amide bonds. The first-order valence-electron chi connectivity index (χ1n) is 17.8. The molecular formula is C46H43NO. The fraction of sp³-hybridized carbons (Fsp3) is 0.261. The molecule has 0 fully saturated rings. The highest BCUT2D eigenvalue weighted by Crippen LogP contribution is 2.57. The number of nitrogens with zero attached hydrogens (tertiary/aromatic N) is 1. The highest BCUT2D eigenvalue weighted by molar-refractivity contribution is 6.11. The van der Waals surface area contributed by atoms with E-state index in [2.05, 4.69) is 159 Å². The van der Waals surface area contributed by atoms with Crippen molar-refractivity contribution in [2.75, 3.05) is 4.90 Å². The van der Waals surface area contributed by atoms with Gasteiger partial charge in [0.05, 0.1) is 5.54 Å². The molecule has 9 rings (SSSR count). The Morgan fingerprint density at radius 2 is 1.48 bits per heavy atom. The van der Waals surface area contributed by atoms with Crippen molar-refractivity contribution in [2.45, 2.75) is 69.7 Å². The van der Waals surface area contributed by atoms with E-state index in [9.17, 15) is 0 Å². The van der Waals surface area contributed by atoms with Crippen molar-refractivity contribution in [2.24, 2.45) is 5.92 Å². The van der Waals surface area contributed by atoms with Crippen LogP contribution in [0.15, 0.2) is 138 Å². The predicted molar refractivity (Wildman–Crippen MR) is 203 cm³/mol. The Hall–Kier alpha value is -4.82. The standard InChI is InChI=1S/C46H43NO/c1-45(2)40-18-9-8-15-39(40)42-41(45)28-27-38-37-17-12-16-36(43(37)48-44(38)42)33-21-25-35(26-22-33)47(46(3)29-10-5-11-30-46)34-23-19-32(20-24-34)31-13-6-4-7-14-31/h4-6,9-13,16-29,39-40H,7-8,14-15,30H2,1-3H3/t39-,40?,46?/m0/s1. The number of hydrogen-bond donors (Lipinski definition) is 0. The highest BCUT2D eigenvalue weighted by atomic mass is 16.3. The number of hydrogen-bond acceptors (Lipinski definition) is 2. The molecule has 238 valence electrons. The van der Waals surface area contributed by atoms with Crippen LogP contribution in [0, 0.1) is 5.92 Å². The minimum atomic E-state index is -0.177. The number of furan rings is 1. The molecule has 0 aliphatic heterocycles. The van der Waals surface area contributed by atoms with Crippen molar-refractivity contribution in [3.8, 4) is 11.1 Å². The van der Waals surface area contributed by atoms with Crippen LogP contribution >= 0.6 is 0 Å². The summed E-state index contributed by atoms with van der Waals surface area (Å²) in [5.41, 5.74) is 12.4. The molecule has 0 saturated heterocycles. The fourth-order valence-electron chi connectivity index (χ4n) is 9.20. The Labute approximate surface area is 284 Å². The monoisotopic (exact) mass is 625 g/mol. The minimum absolute atomic E-state index is 0.111. The lowest BCUT2D eigenvalue weighted by Crippen LogP contribution is -2.42. The number of benzene rings is 4. The Morgan fingerprint density at radius 3 is 2.21 bits per heavy atom. The third-order valence-corrected chi connectivity index (χ3v) is 11.7. The summed E-state index contributed by atoms with van der Waals surface area (Å²) in [7, 11) is 0. The second kappa shape index (κ2) is 11.1. The van der Waals surface area contributed by atoms with E-state index in [0.717, 1.165) is 42.4 Å². The van der Waals surface area contributed by atoms with Crippen LogP contribution in [0.3, 0.4) is 0 Å². The summed E-state index contributed by atoms with van der Waals surface area (Å²) in [5, 5.41) is 2.45. The number of allylic oxidation sites excluding steroid dienone is 8. The van der Waals surface area contributed by atoms with Gasteiger partial charge in [0.1, 0.15) is 11.2 Å². The molecule has 0 bridgehead atoms. The summed E-state index contributed by atoms with van der Waals surface area (Å²) in [4.78, 5) is 2.50. The first-order valence-corrected chi connectivity index (χ1v) is 17.8. The third kappa shape index (κ3) is 4.53. The van der Waals surface area contributed by atoms with E-state index >= 15 is 0 Å². The van der Waals surface area contributed by atoms with Gasteiger partial charge in [0.15, 0.2) is 0 Å². The normalized spacial score (nSPS) is 23.8. The van der Waals surface area contributed by atoms with Crippen LogP contribution in [-0.4, -0.2) is 5.54 Å². The van der Waals surface area contributed by atoms with Gasteiger partial charge in [-0.05, 0) is 103 Å². The van der Waals surface area contributed by atoms with Gasteiger partial charge in [0.2, 0.25) is 0 Å². The van der Waals surface area contributed by atoms with E-state index in [1.165, 1.54) is 56.4 Å². The van der Waals surface area contributed by atoms with Crippen molar-refractivity contribution < 1.29 is 4.42 Å². The molecule has 4 aromatic carbocycles. The van der Waals surface area contributed by atoms with Gasteiger partial charge in [-0.3, -0.25) is 0 Å². The van der Waals surface area contributed by atoms with Gasteiger partial charge in [-0.15, -0.1) is 0 Å². The Balaban J connectivity index is 1.12. The summed E-state index contributed by atoms with van der Waals surface area (Å²) in [6.07, 6.45) is 26.0. The molecule has 0 radical (unpaired) electrons. The Morgan fingerprint density at radius 1 is 0.708 bits per heavy atom. The molecule has 5 aromatic rings. The maximum absolute atomic E-state index is 6.98. The fourth-order valence-corrected chi connectivity index (χ4v) is 9.20. The lowest BCUT2D eigenvalue weighted by atomic mass is 9.73. The summed E-state index contributed by atoms with van der Waals surface area (Å²) in [5.74, 6) is 1.05. The van der Waals surface area contributed by atoms with Gasteiger partial charge in [0.25, 0.3) is 0 Å². The molecule has 0 saturated carbocycles. The van der Waals surface area contributed by atoms with E-state index in [-0.39, 0.29) is 11.0 Å². The van der Waals surface area contributed by atoms with Crippen LogP contribution in [0.4, 0.5) is 11.4 Å². The predicted octanol–water partition coefficient (Wildman–Crippen LogP) is 12.7. The van der Waals surface area contributed by atoms with Crippen LogP contribution < -0.4 is 4.90 Å². The average molecular weight is 626 g/mol. The molecule has 3 atom stereocenters. The van der Waals surface area contributed by atoms with Gasteiger partial charge >= 0.3 is 0 Å². The molecule has 1 aromatic heterocycles. The molecule has 2 nitrogen and oxygen atoms in total. The number of anilines is 2. The maximum atomic E-state index is 6.98. The average Bonchev–Trinajstić information content (AvgIpc) is 3.62. The molecule has 0 N–H and O–H groups in total. The first-order chi connectivity index (χ1) is 23.4. The second-order valence-corrected chi connectivity index (χ2v) is 15.0. The van der Waals surface area contributed by atoms with E-state index < -0.39 is 0 Å². The molecule has 0 spiro atoms. The number of para-hydroxylation sites is 1. The van der Waals surface area contributed by atoms with Crippen LogP contribution in [0.2, 0.25) is 0 Å². The highest BCUT2D eigenvalue weighted by Gasteiger charge is 2.47. The van der Waals surface area contributed by atoms with Gasteiger partial charge in [-0.1, -0.05) is 123 Å². The van der Waals surface area contributed by atoms with Crippen molar-refractivity contribution in [3.05, 3.63) is 150 Å². The zero-order chi connectivity index (χ0) is 32.5. The molecule has 1 heterocycles. The molecule has 48 heavy (non-hydrogen) atoms. The number of rotatable bonds is 5. The SMILES string of the molecule is CC1(C)c2ccc3c(oc4c(-c5ccc(N(c6ccc(C7=CC=CCC7)cc6)C6(C)C=CC=CC6)cc5)cccc43)c2[C@H]2CCC=CC21. The van der Waals surface area contributed by atoms with E-state index in [1.807, 2.05) is 0 Å². The largest absolute Gasteiger partial charge is 0.455 e. The van der Waals surface area contributed by atoms with Crippen molar-refractivity contribution in [1.29, 1.82) is 0 Å². The molecule has 2 heteroatoms. The van der Waals surface area contributed by atoms with Gasteiger partial charge in [0, 0.05) is 33.3 Å². The molecule has 2 unspecified atom stereocenters. The van der Waals surface area contributed by atoms with Gasteiger partial charge in [-0.2, -0.15) is 0 Å². The van der Waals surface area contributed by atoms with Crippen LogP contribution in [-0.2, 0) is 5.41 Å². The van der Waals surface area contributed by atoms with Crippen LogP contribution in [0.25, 0.3) is 38.6 Å². The lowest BCUT2D eigenvalue weighted by molar-refractivity contribution is 0.347. The zero-order valence-corrected chi connectivity index (χ0v) is 28.2. The molecule has 4 aliphatic rings. The third-order valence-electron chi connectivity index (χ3n) is 11.7. The summed E-state index contributed by atoms with van der Waals surface area (Å²) >= 11 is 0. The lowest BCUT2D eigenvalue weighted by Gasteiger charge is -2.42. The van der Waals surface area contributed by atoms with E-state index in [0.29, 0.717) is 11.8 Å². The van der Waals surface area contributed by atoms with Gasteiger partial charge < -0.3 is 9.32 Å². The van der Waals surface area contributed by atoms with Crippen molar-refractivity contribution in [3.63, 3.8) is 0 Å². The Bertz CT molecular complexity index is 2200. The zero-order valence-electron chi connectivity index (χ0n) is 28.2. The quantitative estimate of drug-likeness (QED) is 0.181. The smallest absolute Gasteiger partial charge is 0.143 e. The van der Waals surface area contributed by atoms with E-state index in [1.54, 1.807) is 0 Å². The number of fused-ring (bicyclic) bond motifs is 7. The summed E-state index contributed by atoms with van der Waals surface area (Å²) < 4.78 is 6.98. The molecule has 4 aliphatic carbocycles. The van der Waals surface area contributed by atoms with Gasteiger partial charge in [-0.25, -0.2) is 0 Å². The maximum Gasteiger partial charge on any atom is 0.143 e. The Kier molecular flexibility index (Phi) is 6.80. The van der Waals surface area contributed by atoms with Crippen molar-refractivity contribution in [1.82, 2.24) is 0 Å². The minimum Gasteiger partial charge on any atom is -0.455 e. The topological polar surface area (TPSA) is 16.4 Å². The van der Waals surface area contributed by atoms with Crippen LogP contribution in [0.1, 0.15) is 75.5 Å². The van der Waals surface area contributed by atoms with E-state index in [4.69, 9.17) is 4.42 Å². The first kappa shape index (κ1) is 29.3. The second-order valence-electron chi connectivity index (χ2n) is 15.0.